The molecule has 98 valence electrons. The molecular formula is C13H11Cl2N3O. The van der Waals surface area contributed by atoms with Crippen LogP contribution in [0.25, 0.3) is 0 Å². The van der Waals surface area contributed by atoms with Gasteiger partial charge in [-0.25, -0.2) is 4.98 Å². The molecular weight excluding hydrogens is 285 g/mol. The van der Waals surface area contributed by atoms with Crippen molar-refractivity contribution in [3.8, 4) is 0 Å². The second-order valence-corrected chi connectivity index (χ2v) is 5.40. The molecule has 0 bridgehead atoms. The minimum absolute atomic E-state index is 0.144. The standard InChI is InChI=1S/C13H11Cl2N3O/c14-10-6-16-4-3-9(10)7-18-12(19)5-11(15)17-13(18)8-1-2-8/h3-6,8H,1-2,7H2. The molecule has 0 aliphatic heterocycles. The summed E-state index contributed by atoms with van der Waals surface area (Å²) in [5, 5.41) is 0.801. The molecule has 3 rings (SSSR count). The molecule has 0 unspecified atom stereocenters. The summed E-state index contributed by atoms with van der Waals surface area (Å²) >= 11 is 11.9. The van der Waals surface area contributed by atoms with Gasteiger partial charge < -0.3 is 0 Å². The lowest BCUT2D eigenvalue weighted by atomic mass is 10.2. The molecule has 2 aromatic rings. The van der Waals surface area contributed by atoms with Crippen molar-refractivity contribution in [1.29, 1.82) is 0 Å². The van der Waals surface area contributed by atoms with Gasteiger partial charge in [0.15, 0.2) is 0 Å². The Bertz CT molecular complexity index is 680. The molecule has 0 amide bonds. The zero-order valence-corrected chi connectivity index (χ0v) is 11.5. The van der Waals surface area contributed by atoms with E-state index in [0.717, 1.165) is 24.2 Å². The molecule has 4 nitrogen and oxygen atoms in total. The average molecular weight is 296 g/mol. The third-order valence-electron chi connectivity index (χ3n) is 3.13. The fraction of sp³-hybridized carbons (Fsp3) is 0.308. The van der Waals surface area contributed by atoms with Gasteiger partial charge in [-0.3, -0.25) is 14.3 Å². The summed E-state index contributed by atoms with van der Waals surface area (Å²) in [6.07, 6.45) is 5.34. The van der Waals surface area contributed by atoms with Crippen LogP contribution in [0.3, 0.4) is 0 Å². The normalized spacial score (nSPS) is 14.6. The minimum atomic E-state index is -0.144. The Hall–Kier alpha value is -1.39. The van der Waals surface area contributed by atoms with E-state index >= 15 is 0 Å². The Morgan fingerprint density at radius 1 is 1.37 bits per heavy atom. The van der Waals surface area contributed by atoms with Crippen LogP contribution < -0.4 is 5.56 Å². The lowest BCUT2D eigenvalue weighted by Gasteiger charge is -2.12. The highest BCUT2D eigenvalue weighted by molar-refractivity contribution is 6.31. The van der Waals surface area contributed by atoms with Crippen LogP contribution in [-0.4, -0.2) is 14.5 Å². The van der Waals surface area contributed by atoms with Crippen LogP contribution in [0.15, 0.2) is 29.3 Å². The predicted molar refractivity (Wildman–Crippen MR) is 73.8 cm³/mol. The second kappa shape index (κ2) is 4.94. The van der Waals surface area contributed by atoms with Crippen LogP contribution >= 0.6 is 23.2 Å². The molecule has 0 atom stereocenters. The number of halogens is 2. The third kappa shape index (κ3) is 2.65. The van der Waals surface area contributed by atoms with E-state index in [0.29, 0.717) is 17.5 Å². The summed E-state index contributed by atoms with van der Waals surface area (Å²) in [7, 11) is 0. The summed E-state index contributed by atoms with van der Waals surface area (Å²) < 4.78 is 1.64. The minimum Gasteiger partial charge on any atom is -0.292 e. The van der Waals surface area contributed by atoms with Crippen molar-refractivity contribution in [1.82, 2.24) is 14.5 Å². The molecule has 0 radical (unpaired) electrons. The van der Waals surface area contributed by atoms with E-state index < -0.39 is 0 Å². The smallest absolute Gasteiger partial charge is 0.255 e. The lowest BCUT2D eigenvalue weighted by molar-refractivity contribution is 0.669. The first kappa shape index (κ1) is 12.6. The van der Waals surface area contributed by atoms with Crippen LogP contribution in [-0.2, 0) is 6.54 Å². The van der Waals surface area contributed by atoms with Gasteiger partial charge in [-0.15, -0.1) is 0 Å². The number of nitrogens with zero attached hydrogens (tertiary/aromatic N) is 3. The number of hydrogen-bond donors (Lipinski definition) is 0. The predicted octanol–water partition coefficient (Wildman–Crippen LogP) is 2.87. The van der Waals surface area contributed by atoms with Gasteiger partial charge in [0.05, 0.1) is 11.6 Å². The van der Waals surface area contributed by atoms with Crippen molar-refractivity contribution in [2.75, 3.05) is 0 Å². The average Bonchev–Trinajstić information content (AvgIpc) is 3.18. The van der Waals surface area contributed by atoms with E-state index in [-0.39, 0.29) is 10.7 Å². The monoisotopic (exact) mass is 295 g/mol. The van der Waals surface area contributed by atoms with Crippen LogP contribution in [0, 0.1) is 0 Å². The molecule has 6 heteroatoms. The van der Waals surface area contributed by atoms with Crippen LogP contribution in [0.4, 0.5) is 0 Å². The molecule has 19 heavy (non-hydrogen) atoms. The maximum atomic E-state index is 12.1. The Morgan fingerprint density at radius 2 is 2.16 bits per heavy atom. The fourth-order valence-corrected chi connectivity index (χ4v) is 2.37. The van der Waals surface area contributed by atoms with Gasteiger partial charge in [0, 0.05) is 24.4 Å². The van der Waals surface area contributed by atoms with Crippen molar-refractivity contribution < 1.29 is 0 Å². The first-order valence-corrected chi connectivity index (χ1v) is 6.76. The molecule has 1 fully saturated rings. The molecule has 0 spiro atoms. The van der Waals surface area contributed by atoms with E-state index in [9.17, 15) is 4.79 Å². The molecule has 1 saturated carbocycles. The molecule has 0 aromatic carbocycles. The number of hydrogen-bond acceptors (Lipinski definition) is 3. The van der Waals surface area contributed by atoms with E-state index in [1.54, 1.807) is 23.0 Å². The first-order chi connectivity index (χ1) is 9.15. The van der Waals surface area contributed by atoms with Crippen molar-refractivity contribution in [3.05, 3.63) is 56.4 Å². The Kier molecular flexibility index (Phi) is 3.29. The van der Waals surface area contributed by atoms with Gasteiger partial charge in [-0.05, 0) is 24.5 Å². The van der Waals surface area contributed by atoms with Gasteiger partial charge in [-0.1, -0.05) is 23.2 Å². The summed E-state index contributed by atoms with van der Waals surface area (Å²) in [6, 6.07) is 3.14. The van der Waals surface area contributed by atoms with Gasteiger partial charge in [-0.2, -0.15) is 0 Å². The van der Waals surface area contributed by atoms with E-state index in [2.05, 4.69) is 9.97 Å². The van der Waals surface area contributed by atoms with E-state index in [4.69, 9.17) is 23.2 Å². The largest absolute Gasteiger partial charge is 0.292 e. The van der Waals surface area contributed by atoms with Crippen molar-refractivity contribution in [3.63, 3.8) is 0 Å². The molecule has 0 saturated heterocycles. The molecule has 2 aromatic heterocycles. The number of rotatable bonds is 3. The molecule has 1 aliphatic carbocycles. The van der Waals surface area contributed by atoms with Crippen molar-refractivity contribution >= 4 is 23.2 Å². The summed E-state index contributed by atoms with van der Waals surface area (Å²) in [5.41, 5.74) is 0.708. The van der Waals surface area contributed by atoms with Gasteiger partial charge in [0.25, 0.3) is 5.56 Å². The quantitative estimate of drug-likeness (QED) is 0.818. The molecule has 2 heterocycles. The Morgan fingerprint density at radius 3 is 2.84 bits per heavy atom. The van der Waals surface area contributed by atoms with Crippen LogP contribution in [0.2, 0.25) is 10.2 Å². The van der Waals surface area contributed by atoms with Gasteiger partial charge in [0.2, 0.25) is 0 Å². The molecule has 0 N–H and O–H groups in total. The SMILES string of the molecule is O=c1cc(Cl)nc(C2CC2)n1Cc1ccncc1Cl. The van der Waals surface area contributed by atoms with Crippen LogP contribution in [0.5, 0.6) is 0 Å². The van der Waals surface area contributed by atoms with Crippen molar-refractivity contribution in [2.45, 2.75) is 25.3 Å². The summed E-state index contributed by atoms with van der Waals surface area (Å²) in [4.78, 5) is 20.3. The van der Waals surface area contributed by atoms with Crippen molar-refractivity contribution in [2.24, 2.45) is 0 Å². The topological polar surface area (TPSA) is 47.8 Å². The molecule has 1 aliphatic rings. The number of pyridine rings is 1. The van der Waals surface area contributed by atoms with Gasteiger partial charge >= 0.3 is 0 Å². The summed E-state index contributed by atoms with van der Waals surface area (Å²) in [6.45, 7) is 0.399. The number of aromatic nitrogens is 3. The zero-order valence-electron chi connectivity index (χ0n) is 10.0. The Balaban J connectivity index is 2.05. The zero-order chi connectivity index (χ0) is 13.4. The fourth-order valence-electron chi connectivity index (χ4n) is 2.01. The van der Waals surface area contributed by atoms with E-state index in [1.807, 2.05) is 0 Å². The highest BCUT2D eigenvalue weighted by atomic mass is 35.5. The maximum Gasteiger partial charge on any atom is 0.255 e. The third-order valence-corrected chi connectivity index (χ3v) is 3.67. The second-order valence-electron chi connectivity index (χ2n) is 4.60. The van der Waals surface area contributed by atoms with E-state index in [1.165, 1.54) is 6.07 Å². The highest BCUT2D eigenvalue weighted by Crippen LogP contribution is 2.39. The van der Waals surface area contributed by atoms with Gasteiger partial charge in [0.1, 0.15) is 11.0 Å². The lowest BCUT2D eigenvalue weighted by Crippen LogP contribution is -2.24. The maximum absolute atomic E-state index is 12.1. The summed E-state index contributed by atoms with van der Waals surface area (Å²) in [5.74, 6) is 1.09. The first-order valence-electron chi connectivity index (χ1n) is 6.01. The Labute approximate surface area is 120 Å². The highest BCUT2D eigenvalue weighted by Gasteiger charge is 2.29. The van der Waals surface area contributed by atoms with Crippen LogP contribution in [0.1, 0.15) is 30.1 Å².